The summed E-state index contributed by atoms with van der Waals surface area (Å²) in [5.41, 5.74) is 1.43. The van der Waals surface area contributed by atoms with Gasteiger partial charge in [-0.15, -0.1) is 0 Å². The van der Waals surface area contributed by atoms with Gasteiger partial charge in [-0.1, -0.05) is 29.8 Å². The average molecular weight is 404 g/mol. The van der Waals surface area contributed by atoms with Crippen LogP contribution in [0.1, 0.15) is 22.0 Å². The third kappa shape index (κ3) is 5.14. The minimum atomic E-state index is -0.483. The number of morpholine rings is 1. The van der Waals surface area contributed by atoms with Gasteiger partial charge in [-0.05, 0) is 23.8 Å². The number of nitro groups is 1. The molecule has 2 aromatic rings. The topological polar surface area (TPSA) is 84.7 Å². The van der Waals surface area contributed by atoms with E-state index in [0.717, 1.165) is 18.7 Å². The summed E-state index contributed by atoms with van der Waals surface area (Å²) in [4.78, 5) is 24.9. The van der Waals surface area contributed by atoms with Gasteiger partial charge in [-0.25, -0.2) is 0 Å². The maximum absolute atomic E-state index is 12.4. The van der Waals surface area contributed by atoms with Gasteiger partial charge in [0.25, 0.3) is 5.69 Å². The highest BCUT2D eigenvalue weighted by Crippen LogP contribution is 2.27. The Hall–Kier alpha value is -2.32. The zero-order chi connectivity index (χ0) is 19.9. The summed E-state index contributed by atoms with van der Waals surface area (Å²) in [7, 11) is 0. The van der Waals surface area contributed by atoms with Crippen LogP contribution < -0.4 is 5.32 Å². The molecule has 0 aliphatic carbocycles. The monoisotopic (exact) mass is 403 g/mol. The maximum Gasteiger partial charge on any atom is 0.269 e. The molecule has 28 heavy (non-hydrogen) atoms. The molecule has 0 spiro atoms. The van der Waals surface area contributed by atoms with E-state index in [1.807, 2.05) is 24.3 Å². The molecular formula is C20H22ClN3O4. The minimum Gasteiger partial charge on any atom is -0.379 e. The first kappa shape index (κ1) is 20.4. The molecule has 2 aromatic carbocycles. The molecular weight excluding hydrogens is 382 g/mol. The number of carbonyl (C=O) groups excluding carboxylic acids is 1. The quantitative estimate of drug-likeness (QED) is 0.414. The summed E-state index contributed by atoms with van der Waals surface area (Å²) in [6.07, 6.45) is 0. The molecule has 7 nitrogen and oxygen atoms in total. The number of hydrogen-bond acceptors (Lipinski definition) is 6. The van der Waals surface area contributed by atoms with E-state index in [4.69, 9.17) is 16.3 Å². The van der Waals surface area contributed by atoms with Crippen LogP contribution in [0.4, 0.5) is 5.69 Å². The lowest BCUT2D eigenvalue weighted by molar-refractivity contribution is -0.384. The standard InChI is InChI=1S/C20H22ClN3O4/c21-18-4-2-1-3-17(18)19(23-9-11-28-12-10-23)13-22-14-20(25)15-5-7-16(8-6-15)24(26)27/h1-8,19,22H,9-14H2. The Bertz CT molecular complexity index is 822. The minimum absolute atomic E-state index is 0.0299. The Kier molecular flexibility index (Phi) is 7.11. The molecule has 1 aliphatic rings. The van der Waals surface area contributed by atoms with Gasteiger partial charge >= 0.3 is 0 Å². The van der Waals surface area contributed by atoms with Crippen molar-refractivity contribution in [2.24, 2.45) is 0 Å². The van der Waals surface area contributed by atoms with E-state index < -0.39 is 4.92 Å². The SMILES string of the molecule is O=C(CNCC(c1ccccc1Cl)N1CCOCC1)c1ccc([N+](=O)[O-])cc1. The summed E-state index contributed by atoms with van der Waals surface area (Å²) < 4.78 is 5.45. The van der Waals surface area contributed by atoms with Crippen LogP contribution in [0, 0.1) is 10.1 Å². The van der Waals surface area contributed by atoms with Gasteiger partial charge in [0.2, 0.25) is 0 Å². The normalized spacial score (nSPS) is 15.9. The number of ether oxygens (including phenoxy) is 1. The highest BCUT2D eigenvalue weighted by molar-refractivity contribution is 6.31. The van der Waals surface area contributed by atoms with E-state index in [1.54, 1.807) is 0 Å². The van der Waals surface area contributed by atoms with Gasteiger partial charge in [0.1, 0.15) is 0 Å². The maximum atomic E-state index is 12.4. The van der Waals surface area contributed by atoms with Gasteiger partial charge in [0, 0.05) is 48.4 Å². The van der Waals surface area contributed by atoms with Gasteiger partial charge < -0.3 is 10.1 Å². The molecule has 1 saturated heterocycles. The van der Waals surface area contributed by atoms with Gasteiger partial charge in [0.05, 0.1) is 24.7 Å². The fraction of sp³-hybridized carbons (Fsp3) is 0.350. The number of carbonyl (C=O) groups is 1. The molecule has 3 rings (SSSR count). The first-order valence-corrected chi connectivity index (χ1v) is 9.48. The second-order valence-corrected chi connectivity index (χ2v) is 6.95. The molecule has 1 heterocycles. The summed E-state index contributed by atoms with van der Waals surface area (Å²) in [6, 6.07) is 13.4. The van der Waals surface area contributed by atoms with Crippen molar-refractivity contribution in [3.05, 3.63) is 74.8 Å². The fourth-order valence-corrected chi connectivity index (χ4v) is 3.53. The zero-order valence-electron chi connectivity index (χ0n) is 15.3. The summed E-state index contributed by atoms with van der Waals surface area (Å²) in [5, 5.41) is 14.6. The van der Waals surface area contributed by atoms with Crippen molar-refractivity contribution in [1.82, 2.24) is 10.2 Å². The molecule has 0 aromatic heterocycles. The molecule has 0 bridgehead atoms. The van der Waals surface area contributed by atoms with Crippen LogP contribution >= 0.6 is 11.6 Å². The first-order chi connectivity index (χ1) is 13.6. The van der Waals surface area contributed by atoms with Crippen molar-refractivity contribution in [3.8, 4) is 0 Å². The largest absolute Gasteiger partial charge is 0.379 e. The number of nitro benzene ring substituents is 1. The average Bonchev–Trinajstić information content (AvgIpc) is 2.72. The number of rotatable bonds is 8. The van der Waals surface area contributed by atoms with Crippen LogP contribution in [0.2, 0.25) is 5.02 Å². The predicted molar refractivity (Wildman–Crippen MR) is 107 cm³/mol. The van der Waals surface area contributed by atoms with Crippen LogP contribution in [-0.2, 0) is 4.74 Å². The van der Waals surface area contributed by atoms with Crippen molar-refractivity contribution >= 4 is 23.1 Å². The third-order valence-electron chi connectivity index (χ3n) is 4.77. The molecule has 1 aliphatic heterocycles. The van der Waals surface area contributed by atoms with E-state index in [-0.39, 0.29) is 24.1 Å². The Morgan fingerprint density at radius 2 is 1.86 bits per heavy atom. The third-order valence-corrected chi connectivity index (χ3v) is 5.12. The highest BCUT2D eigenvalue weighted by atomic mass is 35.5. The molecule has 1 N–H and O–H groups in total. The number of nitrogens with one attached hydrogen (secondary N) is 1. The molecule has 0 saturated carbocycles. The number of halogens is 1. The van der Waals surface area contributed by atoms with Crippen LogP contribution in [-0.4, -0.2) is 55.0 Å². The lowest BCUT2D eigenvalue weighted by atomic mass is 10.0. The Morgan fingerprint density at radius 3 is 2.50 bits per heavy atom. The lowest BCUT2D eigenvalue weighted by Crippen LogP contribution is -2.43. The molecule has 148 valence electrons. The first-order valence-electron chi connectivity index (χ1n) is 9.11. The number of ketones is 1. The zero-order valence-corrected chi connectivity index (χ0v) is 16.1. The van der Waals surface area contributed by atoms with Crippen LogP contribution in [0.15, 0.2) is 48.5 Å². The van der Waals surface area contributed by atoms with E-state index in [1.165, 1.54) is 24.3 Å². The molecule has 8 heteroatoms. The van der Waals surface area contributed by atoms with Crippen molar-refractivity contribution < 1.29 is 14.5 Å². The van der Waals surface area contributed by atoms with Crippen LogP contribution in [0.5, 0.6) is 0 Å². The highest BCUT2D eigenvalue weighted by Gasteiger charge is 2.24. The van der Waals surface area contributed by atoms with Crippen molar-refractivity contribution in [2.75, 3.05) is 39.4 Å². The van der Waals surface area contributed by atoms with Crippen LogP contribution in [0.3, 0.4) is 0 Å². The second-order valence-electron chi connectivity index (χ2n) is 6.54. The number of non-ortho nitro benzene ring substituents is 1. The Balaban J connectivity index is 1.64. The summed E-state index contributed by atoms with van der Waals surface area (Å²) in [5.74, 6) is -0.116. The lowest BCUT2D eigenvalue weighted by Gasteiger charge is -2.35. The summed E-state index contributed by atoms with van der Waals surface area (Å²) in [6.45, 7) is 3.64. The van der Waals surface area contributed by atoms with E-state index >= 15 is 0 Å². The predicted octanol–water partition coefficient (Wildman–Crippen LogP) is 3.09. The van der Waals surface area contributed by atoms with E-state index in [9.17, 15) is 14.9 Å². The second kappa shape index (κ2) is 9.75. The van der Waals surface area contributed by atoms with Gasteiger partial charge in [-0.2, -0.15) is 0 Å². The van der Waals surface area contributed by atoms with Crippen LogP contribution in [0.25, 0.3) is 0 Å². The molecule has 1 atom stereocenters. The molecule has 1 fully saturated rings. The van der Waals surface area contributed by atoms with Crippen molar-refractivity contribution in [2.45, 2.75) is 6.04 Å². The Labute approximate surface area is 168 Å². The summed E-state index contributed by atoms with van der Waals surface area (Å²) >= 11 is 6.41. The van der Waals surface area contributed by atoms with Gasteiger partial charge in [0.15, 0.2) is 5.78 Å². The van der Waals surface area contributed by atoms with E-state index in [2.05, 4.69) is 10.2 Å². The number of Topliss-reactive ketones (excluding diaryl/α,β-unsaturated/α-hetero) is 1. The molecule has 0 amide bonds. The number of hydrogen-bond donors (Lipinski definition) is 1. The van der Waals surface area contributed by atoms with Crippen molar-refractivity contribution in [1.29, 1.82) is 0 Å². The number of benzene rings is 2. The number of nitrogens with zero attached hydrogens (tertiary/aromatic N) is 2. The molecule has 1 unspecified atom stereocenters. The van der Waals surface area contributed by atoms with E-state index in [0.29, 0.717) is 30.3 Å². The van der Waals surface area contributed by atoms with Crippen molar-refractivity contribution in [3.63, 3.8) is 0 Å². The molecule has 0 radical (unpaired) electrons. The van der Waals surface area contributed by atoms with Gasteiger partial charge in [-0.3, -0.25) is 19.8 Å². The fourth-order valence-electron chi connectivity index (χ4n) is 3.26. The smallest absolute Gasteiger partial charge is 0.269 e. The Morgan fingerprint density at radius 1 is 1.18 bits per heavy atom.